The molecule has 0 aliphatic rings. The lowest BCUT2D eigenvalue weighted by atomic mass is 10.2. The second kappa shape index (κ2) is 11.2. The maximum absolute atomic E-state index is 12.0. The van der Waals surface area contributed by atoms with Crippen molar-refractivity contribution in [1.82, 2.24) is 0 Å². The molecular formula is C21H24ClNO4. The Morgan fingerprint density at radius 1 is 1.04 bits per heavy atom. The summed E-state index contributed by atoms with van der Waals surface area (Å²) in [6.45, 7) is 2.43. The van der Waals surface area contributed by atoms with Crippen LogP contribution < -0.4 is 10.1 Å². The summed E-state index contributed by atoms with van der Waals surface area (Å²) in [5.74, 6) is -0.135. The number of ether oxygens (including phenoxy) is 2. The Hall–Kier alpha value is -2.53. The monoisotopic (exact) mass is 389 g/mol. The molecule has 0 saturated carbocycles. The maximum Gasteiger partial charge on any atom is 0.338 e. The summed E-state index contributed by atoms with van der Waals surface area (Å²) in [5.41, 5.74) is 1.04. The van der Waals surface area contributed by atoms with Crippen LogP contribution in [0.3, 0.4) is 0 Å². The van der Waals surface area contributed by atoms with Gasteiger partial charge < -0.3 is 14.8 Å². The van der Waals surface area contributed by atoms with Crippen molar-refractivity contribution in [2.45, 2.75) is 32.6 Å². The van der Waals surface area contributed by atoms with Gasteiger partial charge in [0.05, 0.1) is 12.2 Å². The number of halogens is 1. The Morgan fingerprint density at radius 3 is 2.52 bits per heavy atom. The Bertz CT molecular complexity index is 746. The number of nitrogens with one attached hydrogen (secondary N) is 1. The molecule has 5 nitrogen and oxygen atoms in total. The Morgan fingerprint density at radius 2 is 1.81 bits per heavy atom. The molecule has 0 aliphatic carbocycles. The van der Waals surface area contributed by atoms with Gasteiger partial charge in [-0.15, -0.1) is 0 Å². The maximum atomic E-state index is 12.0. The molecule has 2 aromatic rings. The van der Waals surface area contributed by atoms with Crippen molar-refractivity contribution < 1.29 is 19.1 Å². The average molecular weight is 390 g/mol. The van der Waals surface area contributed by atoms with E-state index in [1.54, 1.807) is 48.5 Å². The third-order valence-corrected chi connectivity index (χ3v) is 4.04. The summed E-state index contributed by atoms with van der Waals surface area (Å²) < 4.78 is 10.6. The normalized spacial score (nSPS) is 10.3. The molecule has 0 fully saturated rings. The van der Waals surface area contributed by atoms with Crippen molar-refractivity contribution in [2.75, 3.05) is 18.5 Å². The molecule has 1 N–H and O–H groups in total. The molecule has 2 rings (SSSR count). The number of carbonyl (C=O) groups excluding carboxylic acids is 2. The van der Waals surface area contributed by atoms with Crippen molar-refractivity contribution in [1.29, 1.82) is 0 Å². The minimum Gasteiger partial charge on any atom is -0.484 e. The largest absolute Gasteiger partial charge is 0.484 e. The van der Waals surface area contributed by atoms with Crippen LogP contribution in [0.25, 0.3) is 0 Å². The van der Waals surface area contributed by atoms with E-state index in [4.69, 9.17) is 21.1 Å². The highest BCUT2D eigenvalue weighted by Gasteiger charge is 2.08. The van der Waals surface area contributed by atoms with Gasteiger partial charge in [-0.25, -0.2) is 4.79 Å². The molecule has 0 spiro atoms. The highest BCUT2D eigenvalue weighted by molar-refractivity contribution is 6.30. The first-order chi connectivity index (χ1) is 13.1. The minimum atomic E-state index is -0.353. The van der Waals surface area contributed by atoms with E-state index in [-0.39, 0.29) is 18.5 Å². The fraction of sp³-hybridized carbons (Fsp3) is 0.333. The fourth-order valence-corrected chi connectivity index (χ4v) is 2.55. The van der Waals surface area contributed by atoms with Gasteiger partial charge in [-0.1, -0.05) is 43.9 Å². The third-order valence-electron chi connectivity index (χ3n) is 3.80. The van der Waals surface area contributed by atoms with Crippen LogP contribution in [0.4, 0.5) is 5.69 Å². The van der Waals surface area contributed by atoms with Crippen LogP contribution in [0.1, 0.15) is 43.0 Å². The molecule has 0 atom stereocenters. The predicted octanol–water partition coefficient (Wildman–Crippen LogP) is 5.09. The van der Waals surface area contributed by atoms with Gasteiger partial charge in [0.15, 0.2) is 6.61 Å². The Balaban J connectivity index is 1.75. The Labute approximate surface area is 164 Å². The van der Waals surface area contributed by atoms with E-state index < -0.39 is 0 Å². The van der Waals surface area contributed by atoms with Crippen LogP contribution in [-0.2, 0) is 9.53 Å². The average Bonchev–Trinajstić information content (AvgIpc) is 2.67. The zero-order chi connectivity index (χ0) is 19.5. The zero-order valence-corrected chi connectivity index (χ0v) is 16.1. The third kappa shape index (κ3) is 7.71. The van der Waals surface area contributed by atoms with Crippen LogP contribution in [-0.4, -0.2) is 25.1 Å². The van der Waals surface area contributed by atoms with E-state index in [9.17, 15) is 9.59 Å². The number of carbonyl (C=O) groups is 2. The molecule has 0 aromatic heterocycles. The summed E-state index contributed by atoms with van der Waals surface area (Å²) in [7, 11) is 0. The van der Waals surface area contributed by atoms with Crippen LogP contribution in [0, 0.1) is 0 Å². The van der Waals surface area contributed by atoms with E-state index in [2.05, 4.69) is 12.2 Å². The molecule has 0 saturated heterocycles. The standard InChI is InChI=1S/C21H24ClNO4/c1-2-3-4-5-13-26-21(25)16-9-11-18(12-10-16)23-20(24)15-27-19-8-6-7-17(22)14-19/h6-12,14H,2-5,13,15H2,1H3,(H,23,24). The lowest BCUT2D eigenvalue weighted by Gasteiger charge is -2.09. The smallest absolute Gasteiger partial charge is 0.338 e. The molecule has 0 radical (unpaired) electrons. The lowest BCUT2D eigenvalue weighted by molar-refractivity contribution is -0.118. The van der Waals surface area contributed by atoms with Gasteiger partial charge in [0.25, 0.3) is 5.91 Å². The highest BCUT2D eigenvalue weighted by atomic mass is 35.5. The number of anilines is 1. The number of amides is 1. The van der Waals surface area contributed by atoms with Gasteiger partial charge in [-0.05, 0) is 48.9 Å². The number of rotatable bonds is 10. The van der Waals surface area contributed by atoms with Crippen molar-refractivity contribution in [2.24, 2.45) is 0 Å². The number of benzene rings is 2. The molecule has 27 heavy (non-hydrogen) atoms. The molecule has 1 amide bonds. The number of hydrogen-bond acceptors (Lipinski definition) is 4. The summed E-state index contributed by atoms with van der Waals surface area (Å²) in [5, 5.41) is 3.25. The summed E-state index contributed by atoms with van der Waals surface area (Å²) >= 11 is 5.87. The number of unbranched alkanes of at least 4 members (excludes halogenated alkanes) is 3. The first-order valence-electron chi connectivity index (χ1n) is 9.04. The molecule has 2 aromatic carbocycles. The van der Waals surface area contributed by atoms with Gasteiger partial charge in [0.2, 0.25) is 0 Å². The van der Waals surface area contributed by atoms with Crippen LogP contribution in [0.5, 0.6) is 5.75 Å². The predicted molar refractivity (Wildman–Crippen MR) is 106 cm³/mol. The molecule has 0 bridgehead atoms. The summed E-state index contributed by atoms with van der Waals surface area (Å²) in [6.07, 6.45) is 4.23. The second-order valence-electron chi connectivity index (χ2n) is 6.07. The van der Waals surface area contributed by atoms with E-state index in [1.807, 2.05) is 0 Å². The highest BCUT2D eigenvalue weighted by Crippen LogP contribution is 2.17. The zero-order valence-electron chi connectivity index (χ0n) is 15.4. The Kier molecular flexibility index (Phi) is 8.65. The number of hydrogen-bond donors (Lipinski definition) is 1. The fourth-order valence-electron chi connectivity index (χ4n) is 2.37. The van der Waals surface area contributed by atoms with Crippen LogP contribution in [0.2, 0.25) is 5.02 Å². The second-order valence-corrected chi connectivity index (χ2v) is 6.50. The van der Waals surface area contributed by atoms with Gasteiger partial charge in [-0.2, -0.15) is 0 Å². The van der Waals surface area contributed by atoms with E-state index in [1.165, 1.54) is 0 Å². The minimum absolute atomic E-state index is 0.137. The molecule has 0 aliphatic heterocycles. The molecule has 144 valence electrons. The molecule has 0 heterocycles. The number of esters is 1. The quantitative estimate of drug-likeness (QED) is 0.453. The van der Waals surface area contributed by atoms with Gasteiger partial charge in [0.1, 0.15) is 5.75 Å². The summed E-state index contributed by atoms with van der Waals surface area (Å²) in [4.78, 5) is 23.9. The van der Waals surface area contributed by atoms with Gasteiger partial charge in [0, 0.05) is 10.7 Å². The first kappa shape index (κ1) is 20.8. The molecule has 6 heteroatoms. The van der Waals surface area contributed by atoms with E-state index >= 15 is 0 Å². The molecule has 0 unspecified atom stereocenters. The van der Waals surface area contributed by atoms with E-state index in [0.29, 0.717) is 28.6 Å². The van der Waals surface area contributed by atoms with Crippen molar-refractivity contribution in [3.8, 4) is 5.75 Å². The lowest BCUT2D eigenvalue weighted by Crippen LogP contribution is -2.20. The van der Waals surface area contributed by atoms with Crippen molar-refractivity contribution >= 4 is 29.2 Å². The van der Waals surface area contributed by atoms with Crippen LogP contribution >= 0.6 is 11.6 Å². The van der Waals surface area contributed by atoms with Crippen molar-refractivity contribution in [3.63, 3.8) is 0 Å². The first-order valence-corrected chi connectivity index (χ1v) is 9.41. The summed E-state index contributed by atoms with van der Waals surface area (Å²) in [6, 6.07) is 13.4. The molecular weight excluding hydrogens is 366 g/mol. The van der Waals surface area contributed by atoms with Crippen LogP contribution in [0.15, 0.2) is 48.5 Å². The van der Waals surface area contributed by atoms with Crippen molar-refractivity contribution in [3.05, 3.63) is 59.1 Å². The van der Waals surface area contributed by atoms with Gasteiger partial charge in [-0.3, -0.25) is 4.79 Å². The van der Waals surface area contributed by atoms with Gasteiger partial charge >= 0.3 is 5.97 Å². The van der Waals surface area contributed by atoms with E-state index in [0.717, 1.165) is 25.7 Å². The SMILES string of the molecule is CCCCCCOC(=O)c1ccc(NC(=O)COc2cccc(Cl)c2)cc1. The topological polar surface area (TPSA) is 64.6 Å².